The number of alkyl halides is 3. The zero-order valence-electron chi connectivity index (χ0n) is 11.4. The topological polar surface area (TPSA) is 24.9 Å². The van der Waals surface area contributed by atoms with Crippen LogP contribution in [0.5, 0.6) is 0 Å². The lowest BCUT2D eigenvalue weighted by Crippen LogP contribution is -2.11. The third kappa shape index (κ3) is 3.50. The SMILES string of the molecule is CC(C)(C)c1csc(Nc2cccc(C(F)(F)F)c2)n1. The van der Waals surface area contributed by atoms with Gasteiger partial charge in [0, 0.05) is 16.5 Å². The highest BCUT2D eigenvalue weighted by atomic mass is 32.1. The number of thiazole rings is 1. The first-order chi connectivity index (χ1) is 9.16. The van der Waals surface area contributed by atoms with Crippen LogP contribution in [0, 0.1) is 0 Å². The molecule has 0 radical (unpaired) electrons. The van der Waals surface area contributed by atoms with Crippen LogP contribution in [0.3, 0.4) is 0 Å². The highest BCUT2D eigenvalue weighted by Gasteiger charge is 2.30. The van der Waals surface area contributed by atoms with Crippen molar-refractivity contribution in [2.24, 2.45) is 0 Å². The molecule has 0 atom stereocenters. The van der Waals surface area contributed by atoms with E-state index in [1.54, 1.807) is 6.07 Å². The Labute approximate surface area is 119 Å². The normalized spacial score (nSPS) is 12.5. The lowest BCUT2D eigenvalue weighted by atomic mass is 9.93. The van der Waals surface area contributed by atoms with E-state index in [1.165, 1.54) is 17.4 Å². The second-order valence-corrected chi connectivity index (χ2v) is 6.35. The van der Waals surface area contributed by atoms with Gasteiger partial charge in [0.15, 0.2) is 5.13 Å². The molecule has 0 amide bonds. The summed E-state index contributed by atoms with van der Waals surface area (Å²) in [7, 11) is 0. The Bertz CT molecular complexity index is 597. The van der Waals surface area contributed by atoms with Crippen LogP contribution in [0.15, 0.2) is 29.6 Å². The standard InChI is InChI=1S/C14H15F3N2S/c1-13(2,3)11-8-20-12(19-11)18-10-6-4-5-9(7-10)14(15,16)17/h4-8H,1-3H3,(H,18,19). The molecule has 6 heteroatoms. The van der Waals surface area contributed by atoms with Gasteiger partial charge in [-0.25, -0.2) is 4.98 Å². The molecule has 0 aliphatic rings. The number of benzene rings is 1. The van der Waals surface area contributed by atoms with Crippen molar-refractivity contribution in [3.05, 3.63) is 40.9 Å². The van der Waals surface area contributed by atoms with E-state index in [2.05, 4.69) is 10.3 Å². The van der Waals surface area contributed by atoms with Gasteiger partial charge in [0.2, 0.25) is 0 Å². The molecular weight excluding hydrogens is 285 g/mol. The summed E-state index contributed by atoms with van der Waals surface area (Å²) >= 11 is 1.38. The number of halogens is 3. The number of anilines is 2. The summed E-state index contributed by atoms with van der Waals surface area (Å²) in [6, 6.07) is 5.10. The van der Waals surface area contributed by atoms with Gasteiger partial charge in [-0.15, -0.1) is 11.3 Å². The molecule has 1 aromatic carbocycles. The van der Waals surface area contributed by atoms with Crippen molar-refractivity contribution in [1.29, 1.82) is 0 Å². The zero-order valence-corrected chi connectivity index (χ0v) is 12.2. The third-order valence-corrected chi connectivity index (χ3v) is 3.47. The van der Waals surface area contributed by atoms with E-state index >= 15 is 0 Å². The fraction of sp³-hybridized carbons (Fsp3) is 0.357. The maximum absolute atomic E-state index is 12.6. The molecule has 0 bridgehead atoms. The summed E-state index contributed by atoms with van der Waals surface area (Å²) in [5, 5.41) is 5.42. The molecule has 0 saturated heterocycles. The average Bonchev–Trinajstić information content (AvgIpc) is 2.76. The molecule has 0 fully saturated rings. The molecule has 0 unspecified atom stereocenters. The van der Waals surface area contributed by atoms with Crippen LogP contribution in [0.4, 0.5) is 24.0 Å². The van der Waals surface area contributed by atoms with Crippen LogP contribution in [0.1, 0.15) is 32.0 Å². The highest BCUT2D eigenvalue weighted by molar-refractivity contribution is 7.13. The quantitative estimate of drug-likeness (QED) is 0.824. The molecule has 0 saturated carbocycles. The molecule has 108 valence electrons. The van der Waals surface area contributed by atoms with Crippen LogP contribution >= 0.6 is 11.3 Å². The third-order valence-electron chi connectivity index (χ3n) is 2.71. The number of rotatable bonds is 2. The van der Waals surface area contributed by atoms with Gasteiger partial charge in [-0.3, -0.25) is 0 Å². The van der Waals surface area contributed by atoms with Crippen molar-refractivity contribution in [2.75, 3.05) is 5.32 Å². The fourth-order valence-corrected chi connectivity index (χ4v) is 2.53. The lowest BCUT2D eigenvalue weighted by Gasteiger charge is -2.14. The molecule has 1 N–H and O–H groups in total. The Balaban J connectivity index is 2.20. The largest absolute Gasteiger partial charge is 0.416 e. The summed E-state index contributed by atoms with van der Waals surface area (Å²) in [4.78, 5) is 4.39. The molecule has 1 aromatic heterocycles. The fourth-order valence-electron chi connectivity index (χ4n) is 1.57. The molecule has 2 aromatic rings. The zero-order chi connectivity index (χ0) is 15.0. The Morgan fingerprint density at radius 3 is 2.40 bits per heavy atom. The lowest BCUT2D eigenvalue weighted by molar-refractivity contribution is -0.137. The Kier molecular flexibility index (Phi) is 3.77. The first-order valence-corrected chi connectivity index (χ1v) is 6.94. The van der Waals surface area contributed by atoms with Crippen molar-refractivity contribution < 1.29 is 13.2 Å². The maximum atomic E-state index is 12.6. The molecule has 0 spiro atoms. The minimum Gasteiger partial charge on any atom is -0.332 e. The van der Waals surface area contributed by atoms with Crippen molar-refractivity contribution in [1.82, 2.24) is 4.98 Å². The monoisotopic (exact) mass is 300 g/mol. The number of hydrogen-bond acceptors (Lipinski definition) is 3. The van der Waals surface area contributed by atoms with Crippen molar-refractivity contribution >= 4 is 22.2 Å². The number of aromatic nitrogens is 1. The minimum absolute atomic E-state index is 0.0791. The molecular formula is C14H15F3N2S. The first-order valence-electron chi connectivity index (χ1n) is 6.06. The van der Waals surface area contributed by atoms with E-state index in [1.807, 2.05) is 26.2 Å². The molecule has 2 rings (SSSR count). The molecule has 0 aliphatic heterocycles. The van der Waals surface area contributed by atoms with Crippen molar-refractivity contribution in [3.63, 3.8) is 0 Å². The minimum atomic E-state index is -4.34. The molecule has 0 aliphatic carbocycles. The number of hydrogen-bond donors (Lipinski definition) is 1. The predicted molar refractivity (Wildman–Crippen MR) is 75.5 cm³/mol. The second kappa shape index (κ2) is 5.09. The van der Waals surface area contributed by atoms with E-state index in [0.717, 1.165) is 17.8 Å². The summed E-state index contributed by atoms with van der Waals surface area (Å²) in [5.41, 5.74) is 0.547. The van der Waals surface area contributed by atoms with E-state index in [9.17, 15) is 13.2 Å². The Morgan fingerprint density at radius 2 is 1.85 bits per heavy atom. The molecule has 2 nitrogen and oxygen atoms in total. The number of nitrogens with one attached hydrogen (secondary N) is 1. The van der Waals surface area contributed by atoms with Crippen molar-refractivity contribution in [2.45, 2.75) is 32.4 Å². The number of nitrogens with zero attached hydrogens (tertiary/aromatic N) is 1. The Hall–Kier alpha value is -1.56. The van der Waals surface area contributed by atoms with E-state index < -0.39 is 11.7 Å². The van der Waals surface area contributed by atoms with Crippen LogP contribution in [-0.2, 0) is 11.6 Å². The Morgan fingerprint density at radius 1 is 1.15 bits per heavy atom. The van der Waals surface area contributed by atoms with Gasteiger partial charge in [-0.05, 0) is 18.2 Å². The predicted octanol–water partition coefficient (Wildman–Crippen LogP) is 5.20. The summed E-state index contributed by atoms with van der Waals surface area (Å²) in [5.74, 6) is 0. The van der Waals surface area contributed by atoms with E-state index in [0.29, 0.717) is 10.8 Å². The average molecular weight is 300 g/mol. The van der Waals surface area contributed by atoms with Crippen LogP contribution in [0.2, 0.25) is 0 Å². The summed E-state index contributed by atoms with van der Waals surface area (Å²) in [6.07, 6.45) is -4.34. The maximum Gasteiger partial charge on any atom is 0.416 e. The van der Waals surface area contributed by atoms with Gasteiger partial charge in [0.25, 0.3) is 0 Å². The summed E-state index contributed by atoms with van der Waals surface area (Å²) in [6.45, 7) is 6.11. The highest BCUT2D eigenvalue weighted by Crippen LogP contribution is 2.32. The molecule has 1 heterocycles. The van der Waals surface area contributed by atoms with E-state index in [4.69, 9.17) is 0 Å². The second-order valence-electron chi connectivity index (χ2n) is 5.49. The van der Waals surface area contributed by atoms with Gasteiger partial charge in [-0.2, -0.15) is 13.2 Å². The van der Waals surface area contributed by atoms with Gasteiger partial charge in [0.05, 0.1) is 11.3 Å². The van der Waals surface area contributed by atoms with Crippen LogP contribution < -0.4 is 5.32 Å². The van der Waals surface area contributed by atoms with Gasteiger partial charge in [0.1, 0.15) is 0 Å². The first kappa shape index (κ1) is 14.8. The summed E-state index contributed by atoms with van der Waals surface area (Å²) < 4.78 is 37.9. The van der Waals surface area contributed by atoms with Crippen molar-refractivity contribution in [3.8, 4) is 0 Å². The van der Waals surface area contributed by atoms with E-state index in [-0.39, 0.29) is 5.41 Å². The van der Waals surface area contributed by atoms with Gasteiger partial charge in [-0.1, -0.05) is 26.8 Å². The smallest absolute Gasteiger partial charge is 0.332 e. The van der Waals surface area contributed by atoms with Crippen LogP contribution in [-0.4, -0.2) is 4.98 Å². The van der Waals surface area contributed by atoms with Crippen LogP contribution in [0.25, 0.3) is 0 Å². The molecule has 20 heavy (non-hydrogen) atoms. The van der Waals surface area contributed by atoms with Gasteiger partial charge < -0.3 is 5.32 Å². The van der Waals surface area contributed by atoms with Gasteiger partial charge >= 0.3 is 6.18 Å².